The maximum absolute atomic E-state index is 13.0. The van der Waals surface area contributed by atoms with E-state index < -0.39 is 5.97 Å². The molecular formula is C21H20O6. The molecule has 0 unspecified atom stereocenters. The van der Waals surface area contributed by atoms with Gasteiger partial charge in [-0.15, -0.1) is 0 Å². The second-order valence-corrected chi connectivity index (χ2v) is 6.12. The molecule has 0 aliphatic heterocycles. The molecule has 3 aromatic rings. The van der Waals surface area contributed by atoms with Crippen molar-refractivity contribution in [3.8, 4) is 22.8 Å². The molecule has 1 aromatic heterocycles. The van der Waals surface area contributed by atoms with Crippen molar-refractivity contribution < 1.29 is 23.4 Å². The molecular weight excluding hydrogens is 348 g/mol. The highest BCUT2D eigenvalue weighted by Crippen LogP contribution is 2.32. The number of hydrogen-bond donors (Lipinski definition) is 0. The first-order valence-corrected chi connectivity index (χ1v) is 8.36. The summed E-state index contributed by atoms with van der Waals surface area (Å²) in [4.78, 5) is 24.5. The van der Waals surface area contributed by atoms with E-state index in [1.807, 2.05) is 19.9 Å². The minimum Gasteiger partial charge on any atom is -0.497 e. The molecule has 0 atom stereocenters. The summed E-state index contributed by atoms with van der Waals surface area (Å²) >= 11 is 0. The Hall–Kier alpha value is -3.28. The van der Waals surface area contributed by atoms with E-state index in [2.05, 4.69) is 4.74 Å². The van der Waals surface area contributed by atoms with Gasteiger partial charge in [0.25, 0.3) is 0 Å². The molecule has 0 amide bonds. The minimum absolute atomic E-state index is 0.0266. The molecule has 2 aromatic carbocycles. The number of rotatable bonds is 5. The molecule has 0 aliphatic carbocycles. The zero-order chi connectivity index (χ0) is 19.6. The van der Waals surface area contributed by atoms with Gasteiger partial charge in [-0.2, -0.15) is 0 Å². The molecule has 0 N–H and O–H groups in total. The normalized spacial score (nSPS) is 10.7. The van der Waals surface area contributed by atoms with Gasteiger partial charge in [-0.05, 0) is 61.4 Å². The fourth-order valence-electron chi connectivity index (χ4n) is 2.69. The maximum Gasteiger partial charge on any atom is 0.343 e. The lowest BCUT2D eigenvalue weighted by molar-refractivity contribution is -0.142. The molecule has 1 heterocycles. The van der Waals surface area contributed by atoms with Crippen LogP contribution in [0.15, 0.2) is 45.6 Å². The summed E-state index contributed by atoms with van der Waals surface area (Å²) in [6, 6.07) is 10.6. The van der Waals surface area contributed by atoms with Crippen LogP contribution < -0.4 is 14.9 Å². The first-order chi connectivity index (χ1) is 12.9. The summed E-state index contributed by atoms with van der Waals surface area (Å²) in [5.41, 5.74) is 2.72. The van der Waals surface area contributed by atoms with E-state index in [0.29, 0.717) is 22.3 Å². The smallest absolute Gasteiger partial charge is 0.343 e. The summed E-state index contributed by atoms with van der Waals surface area (Å²) in [6.07, 6.45) is 0. The van der Waals surface area contributed by atoms with Crippen LogP contribution in [0.25, 0.3) is 22.3 Å². The van der Waals surface area contributed by atoms with Crippen LogP contribution >= 0.6 is 0 Å². The number of fused-ring (bicyclic) bond motifs is 1. The molecule has 0 spiro atoms. The quantitative estimate of drug-likeness (QED) is 0.640. The predicted octanol–water partition coefficient (Wildman–Crippen LogP) is 3.64. The Morgan fingerprint density at radius 3 is 2.33 bits per heavy atom. The average Bonchev–Trinajstić information content (AvgIpc) is 2.68. The van der Waals surface area contributed by atoms with Crippen molar-refractivity contribution >= 4 is 16.9 Å². The van der Waals surface area contributed by atoms with Gasteiger partial charge in [0.1, 0.15) is 11.3 Å². The van der Waals surface area contributed by atoms with Gasteiger partial charge >= 0.3 is 5.97 Å². The maximum atomic E-state index is 13.0. The van der Waals surface area contributed by atoms with Gasteiger partial charge in [0.05, 0.1) is 19.6 Å². The molecule has 0 fully saturated rings. The number of hydrogen-bond acceptors (Lipinski definition) is 6. The van der Waals surface area contributed by atoms with Crippen molar-refractivity contribution in [2.75, 3.05) is 20.8 Å². The van der Waals surface area contributed by atoms with Crippen LogP contribution in [0, 0.1) is 13.8 Å². The van der Waals surface area contributed by atoms with Crippen LogP contribution in [0.3, 0.4) is 0 Å². The van der Waals surface area contributed by atoms with Crippen LogP contribution in [0.2, 0.25) is 0 Å². The van der Waals surface area contributed by atoms with Gasteiger partial charge in [0.15, 0.2) is 12.4 Å². The monoisotopic (exact) mass is 368 g/mol. The first kappa shape index (κ1) is 18.5. The third kappa shape index (κ3) is 3.65. The van der Waals surface area contributed by atoms with Gasteiger partial charge in [0, 0.05) is 5.56 Å². The molecule has 0 aliphatic rings. The number of esters is 1. The van der Waals surface area contributed by atoms with Crippen LogP contribution in [0.1, 0.15) is 11.1 Å². The van der Waals surface area contributed by atoms with E-state index in [1.165, 1.54) is 7.11 Å². The molecule has 0 saturated carbocycles. The Labute approximate surface area is 156 Å². The molecule has 6 nitrogen and oxygen atoms in total. The Bertz CT molecular complexity index is 1050. The van der Waals surface area contributed by atoms with E-state index >= 15 is 0 Å². The SMILES string of the molecule is COC(=O)COc1c(-c2ccc(OC)cc2)oc2cc(C)c(C)cc2c1=O. The Balaban J connectivity index is 2.22. The standard InChI is InChI=1S/C21H20O6/c1-12-9-16-17(10-13(12)2)27-20(14-5-7-15(24-3)8-6-14)21(19(16)23)26-11-18(22)25-4/h5-10H,11H2,1-4H3. The fourth-order valence-corrected chi connectivity index (χ4v) is 2.69. The van der Waals surface area contributed by atoms with E-state index in [0.717, 1.165) is 11.1 Å². The Kier molecular flexibility index (Phi) is 5.16. The van der Waals surface area contributed by atoms with Gasteiger partial charge < -0.3 is 18.6 Å². The molecule has 27 heavy (non-hydrogen) atoms. The van der Waals surface area contributed by atoms with E-state index in [4.69, 9.17) is 13.9 Å². The molecule has 0 bridgehead atoms. The average molecular weight is 368 g/mol. The first-order valence-electron chi connectivity index (χ1n) is 8.36. The third-order valence-corrected chi connectivity index (χ3v) is 4.38. The molecule has 0 saturated heterocycles. The van der Waals surface area contributed by atoms with Crippen molar-refractivity contribution in [1.82, 2.24) is 0 Å². The zero-order valence-electron chi connectivity index (χ0n) is 15.6. The topological polar surface area (TPSA) is 75.0 Å². The summed E-state index contributed by atoms with van der Waals surface area (Å²) in [7, 11) is 2.83. The predicted molar refractivity (Wildman–Crippen MR) is 101 cm³/mol. The second kappa shape index (κ2) is 7.53. The summed E-state index contributed by atoms with van der Waals surface area (Å²) < 4.78 is 21.3. The van der Waals surface area contributed by atoms with Crippen molar-refractivity contribution in [2.24, 2.45) is 0 Å². The third-order valence-electron chi connectivity index (χ3n) is 4.38. The highest BCUT2D eigenvalue weighted by atomic mass is 16.6. The lowest BCUT2D eigenvalue weighted by Crippen LogP contribution is -2.17. The lowest BCUT2D eigenvalue weighted by atomic mass is 10.0. The summed E-state index contributed by atoms with van der Waals surface area (Å²) in [5.74, 6) is 0.310. The number of carbonyl (C=O) groups excluding carboxylic acids is 1. The van der Waals surface area contributed by atoms with Gasteiger partial charge in [-0.1, -0.05) is 0 Å². The number of aryl methyl sites for hydroxylation is 2. The van der Waals surface area contributed by atoms with Crippen LogP contribution in [-0.2, 0) is 9.53 Å². The second-order valence-electron chi connectivity index (χ2n) is 6.12. The van der Waals surface area contributed by atoms with Crippen LogP contribution in [0.4, 0.5) is 0 Å². The molecule has 140 valence electrons. The van der Waals surface area contributed by atoms with Crippen molar-refractivity contribution in [1.29, 1.82) is 0 Å². The number of methoxy groups -OCH3 is 2. The largest absolute Gasteiger partial charge is 0.497 e. The summed E-state index contributed by atoms with van der Waals surface area (Å²) in [5, 5.41) is 0.398. The molecule has 0 radical (unpaired) electrons. The lowest BCUT2D eigenvalue weighted by Gasteiger charge is -2.12. The van der Waals surface area contributed by atoms with Crippen molar-refractivity contribution in [3.05, 3.63) is 57.7 Å². The van der Waals surface area contributed by atoms with E-state index in [1.54, 1.807) is 37.4 Å². The Morgan fingerprint density at radius 1 is 1.04 bits per heavy atom. The van der Waals surface area contributed by atoms with E-state index in [9.17, 15) is 9.59 Å². The Morgan fingerprint density at radius 2 is 1.70 bits per heavy atom. The number of ether oxygens (including phenoxy) is 3. The highest BCUT2D eigenvalue weighted by molar-refractivity contribution is 5.83. The van der Waals surface area contributed by atoms with E-state index in [-0.39, 0.29) is 23.5 Å². The highest BCUT2D eigenvalue weighted by Gasteiger charge is 2.19. The van der Waals surface area contributed by atoms with Crippen LogP contribution in [-0.4, -0.2) is 26.8 Å². The summed E-state index contributed by atoms with van der Waals surface area (Å²) in [6.45, 7) is 3.48. The van der Waals surface area contributed by atoms with Gasteiger partial charge in [0.2, 0.25) is 11.2 Å². The van der Waals surface area contributed by atoms with Crippen LogP contribution in [0.5, 0.6) is 11.5 Å². The zero-order valence-corrected chi connectivity index (χ0v) is 15.6. The molecule has 3 rings (SSSR count). The van der Waals surface area contributed by atoms with Gasteiger partial charge in [-0.3, -0.25) is 4.79 Å². The number of benzene rings is 2. The molecule has 6 heteroatoms. The fraction of sp³-hybridized carbons (Fsp3) is 0.238. The number of carbonyl (C=O) groups is 1. The van der Waals surface area contributed by atoms with Crippen molar-refractivity contribution in [3.63, 3.8) is 0 Å². The van der Waals surface area contributed by atoms with Crippen molar-refractivity contribution in [2.45, 2.75) is 13.8 Å². The van der Waals surface area contributed by atoms with Gasteiger partial charge in [-0.25, -0.2) is 4.79 Å². The minimum atomic E-state index is -0.588.